The number of phenolic OH excluding ortho intramolecular Hbond substituents is 1. The Morgan fingerprint density at radius 3 is 1.29 bits per heavy atom. The van der Waals surface area contributed by atoms with Crippen LogP contribution in [0.2, 0.25) is 0 Å². The highest BCUT2D eigenvalue weighted by Gasteiger charge is 2.93. The largest absolute Gasteiger partial charge is 0.508 e. The van der Waals surface area contributed by atoms with Crippen molar-refractivity contribution in [3.63, 3.8) is 0 Å². The molecule has 1 N–H and O–H groups in total. The number of alkyl halides is 15. The first-order valence-corrected chi connectivity index (χ1v) is 7.67. The normalized spacial score (nSPS) is 15.8. The maximum absolute atomic E-state index is 13.5. The minimum Gasteiger partial charge on any atom is -0.508 e. The van der Waals surface area contributed by atoms with Crippen molar-refractivity contribution in [2.75, 3.05) is 0 Å². The van der Waals surface area contributed by atoms with Crippen molar-refractivity contribution in [3.05, 3.63) is 36.1 Å². The van der Waals surface area contributed by atoms with Crippen molar-refractivity contribution >= 4 is 0 Å². The first-order chi connectivity index (χ1) is 14.8. The number of allylic oxidation sites excluding steroid dienone is 1. The summed E-state index contributed by atoms with van der Waals surface area (Å²) in [5.41, 5.74) is 0. The molecule has 0 bridgehead atoms. The van der Waals surface area contributed by atoms with Gasteiger partial charge in [0.25, 0.3) is 0 Å². The highest BCUT2D eigenvalue weighted by atomic mass is 19.4. The number of rotatable bonds is 8. The van der Waals surface area contributed by atoms with Crippen LogP contribution in [0.1, 0.15) is 0 Å². The van der Waals surface area contributed by atoms with Crippen LogP contribution in [0.3, 0.4) is 0 Å². The summed E-state index contributed by atoms with van der Waals surface area (Å²) in [7, 11) is 0. The van der Waals surface area contributed by atoms with E-state index in [0.29, 0.717) is 24.3 Å². The molecule has 1 aromatic carbocycles. The van der Waals surface area contributed by atoms with Crippen LogP contribution in [0, 0.1) is 0 Å². The van der Waals surface area contributed by atoms with Gasteiger partial charge in [-0.15, -0.1) is 0 Å². The first-order valence-electron chi connectivity index (χ1n) is 7.67. The molecular weight excluding hydrogens is 535 g/mol. The van der Waals surface area contributed by atoms with Crippen LogP contribution < -0.4 is 4.74 Å². The van der Waals surface area contributed by atoms with E-state index < -0.39 is 65.1 Å². The molecule has 0 atom stereocenters. The molecule has 2 nitrogen and oxygen atoms in total. The Morgan fingerprint density at radius 2 is 0.912 bits per heavy atom. The molecule has 0 saturated carbocycles. The van der Waals surface area contributed by atoms with Gasteiger partial charge in [0.15, 0.2) is 0 Å². The molecular formula is C15H5F17O2. The molecule has 19 heteroatoms. The lowest BCUT2D eigenvalue weighted by Gasteiger charge is -2.41. The fourth-order valence-corrected chi connectivity index (χ4v) is 1.89. The zero-order chi connectivity index (χ0) is 27.3. The second-order valence-corrected chi connectivity index (χ2v) is 6.13. The number of hydrogen-bond acceptors (Lipinski definition) is 2. The molecule has 0 amide bonds. The van der Waals surface area contributed by atoms with Crippen LogP contribution in [-0.4, -0.2) is 46.8 Å². The van der Waals surface area contributed by atoms with E-state index in [1.807, 2.05) is 0 Å². The summed E-state index contributed by atoms with van der Waals surface area (Å²) in [5.74, 6) is -56.0. The molecule has 1 rings (SSSR count). The molecule has 0 radical (unpaired) electrons. The Bertz CT molecular complexity index is 914. The van der Waals surface area contributed by atoms with E-state index in [1.54, 1.807) is 0 Å². The maximum Gasteiger partial charge on any atom is 0.460 e. The van der Waals surface area contributed by atoms with Gasteiger partial charge in [0, 0.05) is 0 Å². The van der Waals surface area contributed by atoms with Crippen LogP contribution in [0.25, 0.3) is 0 Å². The Kier molecular flexibility index (Phi) is 7.13. The molecule has 0 spiro atoms. The molecule has 1 aromatic rings. The highest BCUT2D eigenvalue weighted by Crippen LogP contribution is 2.63. The summed E-state index contributed by atoms with van der Waals surface area (Å²) in [4.78, 5) is 0. The lowest BCUT2D eigenvalue weighted by Crippen LogP contribution is -2.72. The smallest absolute Gasteiger partial charge is 0.460 e. The molecule has 0 fully saturated rings. The van der Waals surface area contributed by atoms with Crippen molar-refractivity contribution < 1.29 is 84.5 Å². The van der Waals surface area contributed by atoms with Crippen molar-refractivity contribution in [1.29, 1.82) is 0 Å². The van der Waals surface area contributed by atoms with E-state index in [2.05, 4.69) is 4.74 Å². The Hall–Kier alpha value is -2.63. The third-order valence-electron chi connectivity index (χ3n) is 3.82. The van der Waals surface area contributed by atoms with Gasteiger partial charge in [0.05, 0.1) is 0 Å². The Labute approximate surface area is 175 Å². The summed E-state index contributed by atoms with van der Waals surface area (Å²) in [6, 6.07) is -1.58. The lowest BCUT2D eigenvalue weighted by atomic mass is 9.91. The molecule has 0 heterocycles. The number of ether oxygens (including phenoxy) is 1. The molecule has 0 aliphatic rings. The van der Waals surface area contributed by atoms with E-state index in [-0.39, 0.29) is 0 Å². The molecule has 0 aliphatic carbocycles. The number of phenols is 1. The second-order valence-electron chi connectivity index (χ2n) is 6.13. The molecule has 196 valence electrons. The molecule has 34 heavy (non-hydrogen) atoms. The fraction of sp³-hybridized carbons (Fsp3) is 0.467. The van der Waals surface area contributed by atoms with Gasteiger partial charge >= 0.3 is 47.7 Å². The van der Waals surface area contributed by atoms with E-state index in [1.165, 1.54) is 0 Å². The Morgan fingerprint density at radius 1 is 0.559 bits per heavy atom. The summed E-state index contributed by atoms with van der Waals surface area (Å²) in [6.45, 7) is 0. The van der Waals surface area contributed by atoms with Crippen LogP contribution in [0.4, 0.5) is 74.6 Å². The average molecular weight is 540 g/mol. The number of aromatic hydroxyl groups is 1. The van der Waals surface area contributed by atoms with Gasteiger partial charge in [0.2, 0.25) is 5.83 Å². The zero-order valence-electron chi connectivity index (χ0n) is 15.1. The third kappa shape index (κ3) is 4.16. The first kappa shape index (κ1) is 29.4. The van der Waals surface area contributed by atoms with E-state index in [0.717, 1.165) is 0 Å². The minimum absolute atomic E-state index is 0.418. The van der Waals surface area contributed by atoms with Crippen molar-refractivity contribution in [2.45, 2.75) is 41.7 Å². The van der Waals surface area contributed by atoms with Crippen molar-refractivity contribution in [3.8, 4) is 11.5 Å². The fourth-order valence-electron chi connectivity index (χ4n) is 1.89. The van der Waals surface area contributed by atoms with Gasteiger partial charge < -0.3 is 9.84 Å². The van der Waals surface area contributed by atoms with E-state index in [9.17, 15) is 74.6 Å². The predicted octanol–water partition coefficient (Wildman–Crippen LogP) is 7.25. The van der Waals surface area contributed by atoms with Gasteiger partial charge in [-0.2, -0.15) is 74.6 Å². The van der Waals surface area contributed by atoms with Crippen LogP contribution in [0.5, 0.6) is 11.5 Å². The van der Waals surface area contributed by atoms with Crippen LogP contribution in [-0.2, 0) is 0 Å². The minimum atomic E-state index is -8.64. The lowest BCUT2D eigenvalue weighted by molar-refractivity contribution is -0.451. The number of benzene rings is 1. The van der Waals surface area contributed by atoms with Gasteiger partial charge in [0.1, 0.15) is 11.5 Å². The third-order valence-corrected chi connectivity index (χ3v) is 3.82. The summed E-state index contributed by atoms with van der Waals surface area (Å²) in [5, 5.41) is 8.88. The van der Waals surface area contributed by atoms with Gasteiger partial charge in [-0.3, -0.25) is 0 Å². The van der Waals surface area contributed by atoms with E-state index in [4.69, 9.17) is 5.11 Å². The van der Waals surface area contributed by atoms with Crippen molar-refractivity contribution in [1.82, 2.24) is 0 Å². The van der Waals surface area contributed by atoms with E-state index >= 15 is 0 Å². The summed E-state index contributed by atoms with van der Waals surface area (Å²) >= 11 is 0. The predicted molar refractivity (Wildman–Crippen MR) is 73.7 cm³/mol. The quantitative estimate of drug-likeness (QED) is 0.278. The SMILES string of the molecule is Oc1ccc(OC(F)=C(F)C(F)(F)C(F)(F)C(F)(F)C(F)(F)C(F)(F)C(F)(F)C(F)(F)F)cc1. The maximum atomic E-state index is 13.5. The van der Waals surface area contributed by atoms with Gasteiger partial charge in [-0.05, 0) is 24.3 Å². The average Bonchev–Trinajstić information content (AvgIpc) is 2.67. The molecule has 0 aliphatic heterocycles. The monoisotopic (exact) mass is 540 g/mol. The highest BCUT2D eigenvalue weighted by molar-refractivity contribution is 5.31. The molecule has 0 aromatic heterocycles. The van der Waals surface area contributed by atoms with Crippen LogP contribution >= 0.6 is 0 Å². The van der Waals surface area contributed by atoms with Gasteiger partial charge in [-0.25, -0.2) is 0 Å². The van der Waals surface area contributed by atoms with Crippen LogP contribution in [0.15, 0.2) is 36.1 Å². The topological polar surface area (TPSA) is 29.5 Å². The van der Waals surface area contributed by atoms with Gasteiger partial charge in [-0.1, -0.05) is 0 Å². The summed E-state index contributed by atoms with van der Waals surface area (Å²) in [6.07, 6.45) is -7.79. The number of halogens is 17. The summed E-state index contributed by atoms with van der Waals surface area (Å²) < 4.78 is 225. The second kappa shape index (κ2) is 8.24. The number of hydrogen-bond donors (Lipinski definition) is 1. The van der Waals surface area contributed by atoms with Crippen molar-refractivity contribution in [2.24, 2.45) is 0 Å². The Balaban J connectivity index is 3.57. The molecule has 0 saturated heterocycles. The molecule has 0 unspecified atom stereocenters. The zero-order valence-corrected chi connectivity index (χ0v) is 15.1. The standard InChI is InChI=1S/C15H5F17O2/c16-7(8(17)34-6-3-1-5(33)2-4-6)9(18,19)10(20,21)11(22,23)12(24,25)13(26,27)14(28,29)15(30,31)32/h1-4,33H.